The van der Waals surface area contributed by atoms with Crippen molar-refractivity contribution in [1.82, 2.24) is 4.98 Å². The monoisotopic (exact) mass is 584 g/mol. The zero-order chi connectivity index (χ0) is 29.3. The lowest BCUT2D eigenvalue weighted by molar-refractivity contribution is -0.160. The van der Waals surface area contributed by atoms with Gasteiger partial charge in [-0.3, -0.25) is 4.31 Å². The van der Waals surface area contributed by atoms with E-state index in [1.165, 1.54) is 10.4 Å². The summed E-state index contributed by atoms with van der Waals surface area (Å²) >= 11 is 6.47. The molecule has 2 heterocycles. The number of ether oxygens (including phenoxy) is 1. The molecule has 7 nitrogen and oxygen atoms in total. The maximum absolute atomic E-state index is 15.6. The highest BCUT2D eigenvalue weighted by atomic mass is 35.5. The number of hydrogen-bond acceptors (Lipinski definition) is 4. The van der Waals surface area contributed by atoms with Crippen LogP contribution in [-0.4, -0.2) is 36.3 Å². The molecule has 0 aliphatic carbocycles. The van der Waals surface area contributed by atoms with Crippen LogP contribution in [0.4, 0.5) is 10.1 Å². The van der Waals surface area contributed by atoms with Crippen LogP contribution in [0.2, 0.25) is 5.02 Å². The van der Waals surface area contributed by atoms with Crippen LogP contribution in [0, 0.1) is 19.7 Å². The largest absolute Gasteiger partial charge is 0.479 e. The van der Waals surface area contributed by atoms with Crippen LogP contribution in [0.1, 0.15) is 49.1 Å². The maximum atomic E-state index is 15.6. The minimum absolute atomic E-state index is 0.0845. The zero-order valence-corrected chi connectivity index (χ0v) is 24.6. The van der Waals surface area contributed by atoms with Gasteiger partial charge in [0.2, 0.25) is 10.0 Å². The van der Waals surface area contributed by atoms with E-state index in [1.54, 1.807) is 65.1 Å². The van der Waals surface area contributed by atoms with Gasteiger partial charge in [-0.25, -0.2) is 17.6 Å². The molecule has 40 heavy (non-hydrogen) atoms. The van der Waals surface area contributed by atoms with Crippen LogP contribution < -0.4 is 4.31 Å². The number of nitrogens with one attached hydrogen (secondary N) is 1. The minimum Gasteiger partial charge on any atom is -0.479 e. The molecule has 0 saturated carbocycles. The number of halogens is 2. The van der Waals surface area contributed by atoms with E-state index in [4.69, 9.17) is 16.3 Å². The zero-order valence-electron chi connectivity index (χ0n) is 23.0. The number of rotatable bonds is 5. The molecule has 1 aliphatic rings. The number of anilines is 1. The lowest BCUT2D eigenvalue weighted by Gasteiger charge is -2.37. The normalized spacial score (nSPS) is 14.2. The van der Waals surface area contributed by atoms with Crippen LogP contribution >= 0.6 is 11.6 Å². The Morgan fingerprint density at radius 2 is 1.80 bits per heavy atom. The third-order valence-corrected chi connectivity index (χ3v) is 8.66. The molecule has 2 N–H and O–H groups in total. The summed E-state index contributed by atoms with van der Waals surface area (Å²) in [6.07, 6.45) is 1.37. The first-order valence-corrected chi connectivity index (χ1v) is 14.9. The number of aromatic nitrogens is 1. The number of nitrogens with zero attached hydrogens (tertiary/aromatic N) is 1. The Bertz CT molecular complexity index is 1810. The predicted octanol–water partition coefficient (Wildman–Crippen LogP) is 7.13. The summed E-state index contributed by atoms with van der Waals surface area (Å²) < 4.78 is 49.2. The van der Waals surface area contributed by atoms with Crippen LogP contribution in [0.3, 0.4) is 0 Å². The second-order valence-corrected chi connectivity index (χ2v) is 13.4. The fourth-order valence-corrected chi connectivity index (χ4v) is 6.88. The van der Waals surface area contributed by atoms with Gasteiger partial charge in [0, 0.05) is 28.3 Å². The number of sulfonamides is 1. The Hall–Kier alpha value is -3.40. The molecule has 1 atom stereocenters. The summed E-state index contributed by atoms with van der Waals surface area (Å²) in [6, 6.07) is 9.95. The van der Waals surface area contributed by atoms with Crippen LogP contribution in [-0.2, 0) is 26.1 Å². The summed E-state index contributed by atoms with van der Waals surface area (Å²) in [5, 5.41) is 11.7. The standard InChI is InChI=1S/C30H30ClFN2O5S/c1-15-22(18-10-11-20(31)26-19(18)12-13-33-26)24(28(29(35)36)39-30(3,4)5)16(2)27-23(15)25-17(8-7-9-21(25)32)14-34(27)40(6,37)38/h7-13,28,33H,14H2,1-6H3,(H,35,36)/t28-/m0/s1. The van der Waals surface area contributed by atoms with E-state index in [0.29, 0.717) is 55.0 Å². The van der Waals surface area contributed by atoms with Crippen molar-refractivity contribution in [2.45, 2.75) is 52.9 Å². The molecule has 210 valence electrons. The molecule has 0 bridgehead atoms. The van der Waals surface area contributed by atoms with Crippen molar-refractivity contribution in [3.63, 3.8) is 0 Å². The first-order valence-electron chi connectivity index (χ1n) is 12.7. The lowest BCUT2D eigenvalue weighted by Crippen LogP contribution is -2.35. The van der Waals surface area contributed by atoms with Gasteiger partial charge in [0.25, 0.3) is 0 Å². The molecule has 4 aromatic rings. The number of fused-ring (bicyclic) bond motifs is 4. The highest BCUT2D eigenvalue weighted by Gasteiger charge is 2.39. The summed E-state index contributed by atoms with van der Waals surface area (Å²) in [7, 11) is -3.84. The Kier molecular flexibility index (Phi) is 6.76. The van der Waals surface area contributed by atoms with Crippen molar-refractivity contribution in [2.75, 3.05) is 10.6 Å². The third kappa shape index (κ3) is 4.56. The van der Waals surface area contributed by atoms with Crippen molar-refractivity contribution in [3.05, 3.63) is 75.7 Å². The first-order chi connectivity index (χ1) is 18.6. The van der Waals surface area contributed by atoms with Gasteiger partial charge in [-0.05, 0) is 80.6 Å². The fraction of sp³-hybridized carbons (Fsp3) is 0.300. The summed E-state index contributed by atoms with van der Waals surface area (Å²) in [5.41, 5.74) is 3.68. The van der Waals surface area contributed by atoms with Gasteiger partial charge in [-0.1, -0.05) is 29.8 Å². The van der Waals surface area contributed by atoms with Crippen molar-refractivity contribution in [2.24, 2.45) is 0 Å². The second-order valence-electron chi connectivity index (χ2n) is 11.1. The van der Waals surface area contributed by atoms with Gasteiger partial charge in [0.15, 0.2) is 6.10 Å². The van der Waals surface area contributed by atoms with Gasteiger partial charge in [0.05, 0.1) is 34.6 Å². The van der Waals surface area contributed by atoms with E-state index >= 15 is 4.39 Å². The van der Waals surface area contributed by atoms with E-state index in [2.05, 4.69) is 4.98 Å². The number of aliphatic carboxylic acids is 1. The molecule has 0 unspecified atom stereocenters. The summed E-state index contributed by atoms with van der Waals surface area (Å²) in [5.74, 6) is -1.72. The maximum Gasteiger partial charge on any atom is 0.337 e. The highest BCUT2D eigenvalue weighted by molar-refractivity contribution is 7.92. The number of H-pyrrole nitrogens is 1. The van der Waals surface area contributed by atoms with Gasteiger partial charge in [-0.2, -0.15) is 0 Å². The molecular weight excluding hydrogens is 555 g/mol. The minimum atomic E-state index is -3.84. The molecule has 0 fully saturated rings. The van der Waals surface area contributed by atoms with Gasteiger partial charge in [-0.15, -0.1) is 0 Å². The molecule has 1 aliphatic heterocycles. The number of carboxylic acid groups (broad SMARTS) is 1. The quantitative estimate of drug-likeness (QED) is 0.260. The van der Waals surface area contributed by atoms with E-state index in [0.717, 1.165) is 11.6 Å². The van der Waals surface area contributed by atoms with Gasteiger partial charge in [0.1, 0.15) is 5.82 Å². The molecule has 1 aromatic heterocycles. The van der Waals surface area contributed by atoms with E-state index < -0.39 is 33.5 Å². The fourth-order valence-electron chi connectivity index (χ4n) is 5.72. The molecule has 0 radical (unpaired) electrons. The molecular formula is C30H30ClFN2O5S. The third-order valence-electron chi connectivity index (χ3n) is 7.23. The number of carbonyl (C=O) groups is 1. The van der Waals surface area contributed by atoms with Crippen molar-refractivity contribution in [3.8, 4) is 22.3 Å². The summed E-state index contributed by atoms with van der Waals surface area (Å²) in [4.78, 5) is 16.0. The number of aromatic amines is 1. The number of carboxylic acids is 1. The molecule has 0 spiro atoms. The van der Waals surface area contributed by atoms with Gasteiger partial charge < -0.3 is 14.8 Å². The van der Waals surface area contributed by atoms with Gasteiger partial charge >= 0.3 is 5.97 Å². The summed E-state index contributed by atoms with van der Waals surface area (Å²) in [6.45, 7) is 8.62. The highest BCUT2D eigenvalue weighted by Crippen LogP contribution is 2.53. The lowest BCUT2D eigenvalue weighted by atomic mass is 9.79. The molecule has 3 aromatic carbocycles. The molecule has 0 saturated heterocycles. The predicted molar refractivity (Wildman–Crippen MR) is 156 cm³/mol. The first kappa shape index (κ1) is 28.1. The van der Waals surface area contributed by atoms with Crippen molar-refractivity contribution >= 4 is 44.2 Å². The average molecular weight is 585 g/mol. The van der Waals surface area contributed by atoms with E-state index in [9.17, 15) is 18.3 Å². The van der Waals surface area contributed by atoms with Crippen LogP contribution in [0.15, 0.2) is 42.6 Å². The van der Waals surface area contributed by atoms with Crippen LogP contribution in [0.5, 0.6) is 0 Å². The number of hydrogen-bond donors (Lipinski definition) is 2. The molecule has 0 amide bonds. The second kappa shape index (κ2) is 9.61. The average Bonchev–Trinajstić information content (AvgIpc) is 3.34. The Labute approximate surface area is 237 Å². The Morgan fingerprint density at radius 3 is 2.42 bits per heavy atom. The van der Waals surface area contributed by atoms with E-state index in [1.807, 2.05) is 6.07 Å². The molecule has 10 heteroatoms. The van der Waals surface area contributed by atoms with Crippen molar-refractivity contribution < 1.29 is 27.4 Å². The Balaban J connectivity index is 2.03. The molecule has 5 rings (SSSR count). The number of benzene rings is 3. The Morgan fingerprint density at radius 1 is 1.10 bits per heavy atom. The SMILES string of the molecule is Cc1c(-c2ccc(Cl)c3[nH]ccc23)c([C@H](OC(C)(C)C)C(=O)O)c(C)c2c1-c1c(F)cccc1CN2S(C)(=O)=O. The van der Waals surface area contributed by atoms with E-state index in [-0.39, 0.29) is 12.2 Å². The van der Waals surface area contributed by atoms with Crippen molar-refractivity contribution in [1.29, 1.82) is 0 Å². The van der Waals surface area contributed by atoms with Crippen LogP contribution in [0.25, 0.3) is 33.2 Å². The smallest absolute Gasteiger partial charge is 0.337 e. The topological polar surface area (TPSA) is 99.7 Å².